The molecule has 1 aromatic heterocycles. The van der Waals surface area contributed by atoms with Crippen molar-refractivity contribution in [3.05, 3.63) is 47.5 Å². The summed E-state index contributed by atoms with van der Waals surface area (Å²) in [5, 5.41) is 6.62. The molecule has 1 heterocycles. The van der Waals surface area contributed by atoms with E-state index in [9.17, 15) is 9.18 Å². The molecule has 9 heteroatoms. The van der Waals surface area contributed by atoms with E-state index >= 15 is 0 Å². The van der Waals surface area contributed by atoms with Crippen LogP contribution in [0.1, 0.15) is 12.8 Å². The summed E-state index contributed by atoms with van der Waals surface area (Å²) in [6.45, 7) is 0.840. The molecule has 0 aliphatic carbocycles. The van der Waals surface area contributed by atoms with E-state index in [1.165, 1.54) is 18.5 Å². The zero-order valence-electron chi connectivity index (χ0n) is 17.8. The van der Waals surface area contributed by atoms with Gasteiger partial charge in [-0.2, -0.15) is 0 Å². The predicted molar refractivity (Wildman–Crippen MR) is 125 cm³/mol. The maximum atomic E-state index is 13.5. The van der Waals surface area contributed by atoms with Crippen molar-refractivity contribution in [2.45, 2.75) is 12.8 Å². The highest BCUT2D eigenvalue weighted by Gasteiger charge is 2.14. The van der Waals surface area contributed by atoms with Crippen LogP contribution in [-0.2, 0) is 4.79 Å². The fraction of sp³-hybridized carbons (Fsp3) is 0.261. The van der Waals surface area contributed by atoms with Crippen molar-refractivity contribution in [1.29, 1.82) is 0 Å². The second-order valence-corrected chi connectivity index (χ2v) is 7.70. The normalized spacial score (nSPS) is 10.8. The van der Waals surface area contributed by atoms with Crippen LogP contribution in [0.4, 0.5) is 21.6 Å². The van der Waals surface area contributed by atoms with Crippen molar-refractivity contribution in [2.75, 3.05) is 37.9 Å². The molecule has 2 aromatic carbocycles. The number of aromatic nitrogens is 2. The van der Waals surface area contributed by atoms with Crippen molar-refractivity contribution in [3.8, 4) is 18.1 Å². The number of halogens is 2. The SMILES string of the molecule is C#CCOc1cc2ncnc(Nc3ccc(F)c(Cl)c3)c2cc1NC(=O)CCCN(C)C. The van der Waals surface area contributed by atoms with Crippen molar-refractivity contribution in [2.24, 2.45) is 0 Å². The Morgan fingerprint density at radius 3 is 2.81 bits per heavy atom. The number of ether oxygens (including phenoxy) is 1. The Hall–Kier alpha value is -3.41. The minimum absolute atomic E-state index is 0.0102. The number of fused-ring (bicyclic) bond motifs is 1. The Labute approximate surface area is 190 Å². The molecule has 0 fully saturated rings. The minimum atomic E-state index is -0.515. The molecule has 0 saturated carbocycles. The quantitative estimate of drug-likeness (QED) is 0.464. The monoisotopic (exact) mass is 455 g/mol. The molecule has 3 aromatic rings. The molecule has 0 aliphatic rings. The summed E-state index contributed by atoms with van der Waals surface area (Å²) in [4.78, 5) is 23.1. The second-order valence-electron chi connectivity index (χ2n) is 7.29. The maximum Gasteiger partial charge on any atom is 0.224 e. The molecule has 0 bridgehead atoms. The van der Waals surface area contributed by atoms with Crippen LogP contribution in [-0.4, -0.2) is 48.0 Å². The molecule has 166 valence electrons. The lowest BCUT2D eigenvalue weighted by atomic mass is 10.1. The number of anilines is 3. The molecule has 0 spiro atoms. The molecule has 1 amide bonds. The Balaban J connectivity index is 1.93. The molecule has 3 rings (SSSR count). The molecular formula is C23H23ClFN5O2. The second kappa shape index (κ2) is 10.8. The summed E-state index contributed by atoms with van der Waals surface area (Å²) in [6.07, 6.45) is 7.79. The number of nitrogens with one attached hydrogen (secondary N) is 2. The van der Waals surface area contributed by atoms with Gasteiger partial charge in [-0.15, -0.1) is 6.42 Å². The van der Waals surface area contributed by atoms with Crippen LogP contribution in [0.15, 0.2) is 36.7 Å². The van der Waals surface area contributed by atoms with Gasteiger partial charge >= 0.3 is 0 Å². The molecule has 0 saturated heterocycles. The van der Waals surface area contributed by atoms with Crippen LogP contribution in [0, 0.1) is 18.2 Å². The van der Waals surface area contributed by atoms with Crippen LogP contribution in [0.25, 0.3) is 10.9 Å². The van der Waals surface area contributed by atoms with Gasteiger partial charge in [-0.25, -0.2) is 14.4 Å². The van der Waals surface area contributed by atoms with Crippen molar-refractivity contribution >= 4 is 45.6 Å². The van der Waals surface area contributed by atoms with Gasteiger partial charge in [-0.05, 0) is 51.3 Å². The summed E-state index contributed by atoms with van der Waals surface area (Å²) < 4.78 is 19.1. The van der Waals surface area contributed by atoms with Gasteiger partial charge in [-0.1, -0.05) is 17.5 Å². The molecule has 0 aliphatic heterocycles. The number of terminal acetylenes is 1. The van der Waals surface area contributed by atoms with Gasteiger partial charge in [0.2, 0.25) is 5.91 Å². The summed E-state index contributed by atoms with van der Waals surface area (Å²) >= 11 is 5.88. The Bertz CT molecular complexity index is 1160. The van der Waals surface area contributed by atoms with Crippen LogP contribution in [0.3, 0.4) is 0 Å². The molecule has 2 N–H and O–H groups in total. The average molecular weight is 456 g/mol. The van der Waals surface area contributed by atoms with Gasteiger partial charge in [0, 0.05) is 23.6 Å². The summed E-state index contributed by atoms with van der Waals surface area (Å²) in [5.74, 6) is 2.63. The zero-order valence-corrected chi connectivity index (χ0v) is 18.5. The van der Waals surface area contributed by atoms with E-state index in [1.807, 2.05) is 19.0 Å². The number of hydrogen-bond acceptors (Lipinski definition) is 6. The van der Waals surface area contributed by atoms with E-state index in [2.05, 4.69) is 26.5 Å². The van der Waals surface area contributed by atoms with Crippen molar-refractivity contribution < 1.29 is 13.9 Å². The zero-order chi connectivity index (χ0) is 23.1. The highest BCUT2D eigenvalue weighted by atomic mass is 35.5. The van der Waals surface area contributed by atoms with Gasteiger partial charge in [0.1, 0.15) is 30.3 Å². The van der Waals surface area contributed by atoms with Gasteiger partial charge in [-0.3, -0.25) is 4.79 Å². The van der Waals surface area contributed by atoms with Crippen LogP contribution in [0.5, 0.6) is 5.75 Å². The molecule has 0 atom stereocenters. The Kier molecular flexibility index (Phi) is 7.82. The maximum absolute atomic E-state index is 13.5. The average Bonchev–Trinajstić information content (AvgIpc) is 2.75. The number of nitrogens with zero attached hydrogens (tertiary/aromatic N) is 3. The fourth-order valence-corrected chi connectivity index (χ4v) is 3.18. The van der Waals surface area contributed by atoms with Gasteiger partial charge in [0.05, 0.1) is 16.2 Å². The minimum Gasteiger partial charge on any atom is -0.479 e. The van der Waals surface area contributed by atoms with Gasteiger partial charge in [0.25, 0.3) is 0 Å². The first kappa shape index (κ1) is 23.3. The number of rotatable bonds is 9. The topological polar surface area (TPSA) is 79.4 Å². The van der Waals surface area contributed by atoms with Gasteiger partial charge in [0.15, 0.2) is 0 Å². The third kappa shape index (κ3) is 6.06. The smallest absolute Gasteiger partial charge is 0.224 e. The highest BCUT2D eigenvalue weighted by molar-refractivity contribution is 6.31. The fourth-order valence-electron chi connectivity index (χ4n) is 3.00. The van der Waals surface area contributed by atoms with Crippen LogP contribution in [0.2, 0.25) is 5.02 Å². The lowest BCUT2D eigenvalue weighted by Gasteiger charge is -2.15. The summed E-state index contributed by atoms with van der Waals surface area (Å²) in [5.41, 5.74) is 1.59. The molecule has 0 unspecified atom stereocenters. The number of carbonyl (C=O) groups excluding carboxylic acids is 1. The van der Waals surface area contributed by atoms with Crippen LogP contribution < -0.4 is 15.4 Å². The van der Waals surface area contributed by atoms with E-state index in [1.54, 1.807) is 18.2 Å². The van der Waals surface area contributed by atoms with Crippen molar-refractivity contribution in [1.82, 2.24) is 14.9 Å². The number of benzene rings is 2. The van der Waals surface area contributed by atoms with E-state index in [0.29, 0.717) is 46.7 Å². The van der Waals surface area contributed by atoms with Gasteiger partial charge < -0.3 is 20.3 Å². The standard InChI is InChI=1S/C23H23ClFN5O2/c1-4-10-32-21-13-19-16(12-20(21)29-22(31)6-5-9-30(2)3)23(27-14-26-19)28-15-7-8-18(25)17(24)11-15/h1,7-8,11-14H,5-6,9-10H2,2-3H3,(H,29,31)(H,26,27,28). The van der Waals surface area contributed by atoms with Crippen molar-refractivity contribution in [3.63, 3.8) is 0 Å². The van der Waals surface area contributed by atoms with E-state index < -0.39 is 5.82 Å². The first-order valence-corrected chi connectivity index (χ1v) is 10.3. The molecular weight excluding hydrogens is 433 g/mol. The molecule has 32 heavy (non-hydrogen) atoms. The van der Waals surface area contributed by atoms with E-state index in [0.717, 1.165) is 6.54 Å². The molecule has 0 radical (unpaired) electrons. The summed E-state index contributed by atoms with van der Waals surface area (Å²) in [6, 6.07) is 7.68. The lowest BCUT2D eigenvalue weighted by molar-refractivity contribution is -0.116. The number of hydrogen-bond donors (Lipinski definition) is 2. The summed E-state index contributed by atoms with van der Waals surface area (Å²) in [7, 11) is 3.91. The predicted octanol–water partition coefficient (Wildman–Crippen LogP) is 4.46. The highest BCUT2D eigenvalue weighted by Crippen LogP contribution is 2.34. The molecule has 7 nitrogen and oxygen atoms in total. The number of amides is 1. The first-order chi connectivity index (χ1) is 15.4. The number of carbonyl (C=O) groups is 1. The first-order valence-electron chi connectivity index (χ1n) is 9.89. The Morgan fingerprint density at radius 1 is 1.28 bits per heavy atom. The third-order valence-electron chi connectivity index (χ3n) is 4.51. The third-order valence-corrected chi connectivity index (χ3v) is 4.80. The Morgan fingerprint density at radius 2 is 2.09 bits per heavy atom. The largest absolute Gasteiger partial charge is 0.479 e. The van der Waals surface area contributed by atoms with Crippen LogP contribution >= 0.6 is 11.6 Å². The van der Waals surface area contributed by atoms with E-state index in [-0.39, 0.29) is 17.5 Å². The van der Waals surface area contributed by atoms with E-state index in [4.69, 9.17) is 22.8 Å². The lowest BCUT2D eigenvalue weighted by Crippen LogP contribution is -2.17.